The smallest absolute Gasteiger partial charge is 0.335 e. The number of hydrogen-bond donors (Lipinski definition) is 2. The van der Waals surface area contributed by atoms with E-state index in [1.165, 1.54) is 0 Å². The van der Waals surface area contributed by atoms with Gasteiger partial charge in [-0.25, -0.2) is 4.79 Å². The first-order valence-corrected chi connectivity index (χ1v) is 5.97. The highest BCUT2D eigenvalue weighted by Gasteiger charge is 2.13. The first-order valence-electron chi connectivity index (χ1n) is 5.97. The summed E-state index contributed by atoms with van der Waals surface area (Å²) < 4.78 is 0. The van der Waals surface area contributed by atoms with Gasteiger partial charge in [0.15, 0.2) is 0 Å². The zero-order valence-corrected chi connectivity index (χ0v) is 10.8. The van der Waals surface area contributed by atoms with E-state index in [1.807, 2.05) is 12.1 Å². The van der Waals surface area contributed by atoms with Gasteiger partial charge in [-0.3, -0.25) is 0 Å². The molecular formula is C14H21NO2. The maximum atomic E-state index is 10.7. The predicted octanol–water partition coefficient (Wildman–Crippen LogP) is 2.91. The number of carbonyl (C=O) groups is 1. The maximum absolute atomic E-state index is 10.7. The normalized spacial score (nSPS) is 11.5. The third-order valence-electron chi connectivity index (χ3n) is 3.09. The summed E-state index contributed by atoms with van der Waals surface area (Å²) in [5.74, 6) is -0.878. The fraction of sp³-hybridized carbons (Fsp3) is 0.500. The van der Waals surface area contributed by atoms with Crippen molar-refractivity contribution in [3.05, 3.63) is 35.4 Å². The van der Waals surface area contributed by atoms with Crippen LogP contribution in [0.5, 0.6) is 0 Å². The summed E-state index contributed by atoms with van der Waals surface area (Å²) in [6, 6.07) is 7.00. The van der Waals surface area contributed by atoms with Gasteiger partial charge < -0.3 is 10.4 Å². The van der Waals surface area contributed by atoms with E-state index >= 15 is 0 Å². The highest BCUT2D eigenvalue weighted by Crippen LogP contribution is 2.17. The van der Waals surface area contributed by atoms with Crippen molar-refractivity contribution in [2.24, 2.45) is 5.41 Å². The Kier molecular flexibility index (Phi) is 4.70. The van der Waals surface area contributed by atoms with Crippen molar-refractivity contribution in [1.29, 1.82) is 0 Å². The summed E-state index contributed by atoms with van der Waals surface area (Å²) >= 11 is 0. The summed E-state index contributed by atoms with van der Waals surface area (Å²) in [5.41, 5.74) is 1.76. The fourth-order valence-electron chi connectivity index (χ4n) is 1.44. The molecule has 0 bridgehead atoms. The minimum atomic E-state index is -0.878. The Labute approximate surface area is 103 Å². The second-order valence-electron chi connectivity index (χ2n) is 5.12. The van der Waals surface area contributed by atoms with Crippen LogP contribution in [-0.2, 0) is 6.54 Å². The van der Waals surface area contributed by atoms with Gasteiger partial charge in [0, 0.05) is 13.1 Å². The zero-order valence-electron chi connectivity index (χ0n) is 10.8. The molecule has 3 nitrogen and oxygen atoms in total. The van der Waals surface area contributed by atoms with Crippen LogP contribution in [0.3, 0.4) is 0 Å². The molecule has 17 heavy (non-hydrogen) atoms. The van der Waals surface area contributed by atoms with Crippen molar-refractivity contribution in [1.82, 2.24) is 5.32 Å². The fourth-order valence-corrected chi connectivity index (χ4v) is 1.44. The Hall–Kier alpha value is -1.35. The van der Waals surface area contributed by atoms with Gasteiger partial charge in [-0.05, 0) is 29.5 Å². The molecule has 0 aliphatic carbocycles. The molecule has 0 saturated heterocycles. The Morgan fingerprint density at radius 3 is 2.35 bits per heavy atom. The monoisotopic (exact) mass is 235 g/mol. The second-order valence-corrected chi connectivity index (χ2v) is 5.12. The van der Waals surface area contributed by atoms with E-state index < -0.39 is 5.97 Å². The van der Waals surface area contributed by atoms with E-state index in [0.29, 0.717) is 11.0 Å². The molecule has 0 heterocycles. The van der Waals surface area contributed by atoms with Gasteiger partial charge in [-0.1, -0.05) is 32.9 Å². The number of nitrogens with one attached hydrogen (secondary N) is 1. The van der Waals surface area contributed by atoms with Crippen LogP contribution in [0.1, 0.15) is 43.1 Å². The van der Waals surface area contributed by atoms with E-state index in [1.54, 1.807) is 12.1 Å². The molecule has 0 atom stereocenters. The molecule has 0 fully saturated rings. The number of carboxylic acid groups (broad SMARTS) is 1. The number of rotatable bonds is 6. The Bertz CT molecular complexity index is 368. The van der Waals surface area contributed by atoms with Crippen molar-refractivity contribution in [3.8, 4) is 0 Å². The van der Waals surface area contributed by atoms with Gasteiger partial charge in [0.1, 0.15) is 0 Å². The van der Waals surface area contributed by atoms with Crippen LogP contribution in [0.2, 0.25) is 0 Å². The number of carboxylic acids is 1. The van der Waals surface area contributed by atoms with Crippen molar-refractivity contribution in [3.63, 3.8) is 0 Å². The lowest BCUT2D eigenvalue weighted by Crippen LogP contribution is -2.28. The molecule has 0 aromatic heterocycles. The van der Waals surface area contributed by atoms with E-state index in [0.717, 1.165) is 25.1 Å². The molecule has 1 rings (SSSR count). The van der Waals surface area contributed by atoms with E-state index in [4.69, 9.17) is 5.11 Å². The van der Waals surface area contributed by atoms with E-state index in [-0.39, 0.29) is 0 Å². The third-order valence-corrected chi connectivity index (χ3v) is 3.09. The first kappa shape index (κ1) is 13.7. The van der Waals surface area contributed by atoms with Crippen LogP contribution < -0.4 is 5.32 Å². The summed E-state index contributed by atoms with van der Waals surface area (Å²) in [6.45, 7) is 8.39. The molecule has 3 heteroatoms. The van der Waals surface area contributed by atoms with Crippen LogP contribution in [0, 0.1) is 5.41 Å². The molecule has 1 aromatic carbocycles. The molecule has 94 valence electrons. The van der Waals surface area contributed by atoms with Gasteiger partial charge in [0.05, 0.1) is 5.56 Å². The van der Waals surface area contributed by atoms with Crippen LogP contribution in [0.25, 0.3) is 0 Å². The highest BCUT2D eigenvalue weighted by molar-refractivity contribution is 5.87. The van der Waals surface area contributed by atoms with E-state index in [9.17, 15) is 4.79 Å². The maximum Gasteiger partial charge on any atom is 0.335 e. The standard InChI is InChI=1S/C14H21NO2/c1-4-14(2,3)10-15-9-11-5-7-12(8-6-11)13(16)17/h5-8,15H,4,9-10H2,1-3H3,(H,16,17). The number of aromatic carboxylic acids is 1. The lowest BCUT2D eigenvalue weighted by atomic mass is 9.90. The van der Waals surface area contributed by atoms with Crippen molar-refractivity contribution >= 4 is 5.97 Å². The molecule has 1 aromatic rings. The average Bonchev–Trinajstić information content (AvgIpc) is 2.29. The zero-order chi connectivity index (χ0) is 12.9. The summed E-state index contributed by atoms with van der Waals surface area (Å²) in [6.07, 6.45) is 1.14. The van der Waals surface area contributed by atoms with Crippen molar-refractivity contribution < 1.29 is 9.90 Å². The van der Waals surface area contributed by atoms with Crippen LogP contribution >= 0.6 is 0 Å². The van der Waals surface area contributed by atoms with Gasteiger partial charge >= 0.3 is 5.97 Å². The predicted molar refractivity (Wildman–Crippen MR) is 69.2 cm³/mol. The largest absolute Gasteiger partial charge is 0.478 e. The average molecular weight is 235 g/mol. The molecule has 0 unspecified atom stereocenters. The Morgan fingerprint density at radius 1 is 1.29 bits per heavy atom. The SMILES string of the molecule is CCC(C)(C)CNCc1ccc(C(=O)O)cc1. The lowest BCUT2D eigenvalue weighted by molar-refractivity contribution is 0.0697. The van der Waals surface area contributed by atoms with Crippen LogP contribution in [0.4, 0.5) is 0 Å². The van der Waals surface area contributed by atoms with Crippen molar-refractivity contribution in [2.45, 2.75) is 33.7 Å². The number of hydrogen-bond acceptors (Lipinski definition) is 2. The summed E-state index contributed by atoms with van der Waals surface area (Å²) in [7, 11) is 0. The van der Waals surface area contributed by atoms with E-state index in [2.05, 4.69) is 26.1 Å². The summed E-state index contributed by atoms with van der Waals surface area (Å²) in [4.78, 5) is 10.7. The van der Waals surface area contributed by atoms with Gasteiger partial charge in [0.25, 0.3) is 0 Å². The Balaban J connectivity index is 2.45. The summed E-state index contributed by atoms with van der Waals surface area (Å²) in [5, 5.41) is 12.2. The van der Waals surface area contributed by atoms with Gasteiger partial charge in [-0.15, -0.1) is 0 Å². The molecule has 0 saturated carbocycles. The molecule has 2 N–H and O–H groups in total. The quantitative estimate of drug-likeness (QED) is 0.797. The third kappa shape index (κ3) is 4.57. The topological polar surface area (TPSA) is 49.3 Å². The number of benzene rings is 1. The van der Waals surface area contributed by atoms with Gasteiger partial charge in [0.2, 0.25) is 0 Å². The minimum absolute atomic E-state index is 0.307. The first-order chi connectivity index (χ1) is 7.94. The Morgan fingerprint density at radius 2 is 1.88 bits per heavy atom. The molecular weight excluding hydrogens is 214 g/mol. The minimum Gasteiger partial charge on any atom is -0.478 e. The molecule has 0 aliphatic rings. The van der Waals surface area contributed by atoms with Crippen LogP contribution in [0.15, 0.2) is 24.3 Å². The van der Waals surface area contributed by atoms with Crippen molar-refractivity contribution in [2.75, 3.05) is 6.54 Å². The highest BCUT2D eigenvalue weighted by atomic mass is 16.4. The lowest BCUT2D eigenvalue weighted by Gasteiger charge is -2.22. The second kappa shape index (κ2) is 5.82. The molecule has 0 aliphatic heterocycles. The van der Waals surface area contributed by atoms with Crippen LogP contribution in [-0.4, -0.2) is 17.6 Å². The van der Waals surface area contributed by atoms with Gasteiger partial charge in [-0.2, -0.15) is 0 Å². The molecule has 0 amide bonds. The molecule has 0 spiro atoms. The molecule has 0 radical (unpaired) electrons.